The number of benzene rings is 1. The minimum atomic E-state index is -0.264. The van der Waals surface area contributed by atoms with Gasteiger partial charge in [-0.05, 0) is 44.5 Å². The smallest absolute Gasteiger partial charge is 0.251 e. The van der Waals surface area contributed by atoms with Crippen molar-refractivity contribution in [3.05, 3.63) is 29.8 Å². The molecule has 6 nitrogen and oxygen atoms in total. The first kappa shape index (κ1) is 17.3. The average Bonchev–Trinajstić information content (AvgIpc) is 2.78. The molecule has 23 heavy (non-hydrogen) atoms. The zero-order valence-electron chi connectivity index (χ0n) is 13.7. The Morgan fingerprint density at radius 3 is 2.74 bits per heavy atom. The molecular formula is C17H24N2O4. The lowest BCUT2D eigenvalue weighted by Crippen LogP contribution is -2.45. The Hall–Kier alpha value is -2.08. The maximum atomic E-state index is 12.3. The van der Waals surface area contributed by atoms with Crippen molar-refractivity contribution in [3.8, 4) is 5.75 Å². The number of nitrogens with zero attached hydrogens (tertiary/aromatic N) is 1. The monoisotopic (exact) mass is 320 g/mol. The summed E-state index contributed by atoms with van der Waals surface area (Å²) in [6, 6.07) is 7.00. The summed E-state index contributed by atoms with van der Waals surface area (Å²) < 4.78 is 10.7. The van der Waals surface area contributed by atoms with Crippen molar-refractivity contribution >= 4 is 11.8 Å². The molecule has 0 unspecified atom stereocenters. The molecule has 0 radical (unpaired) electrons. The molecule has 0 saturated carbocycles. The van der Waals surface area contributed by atoms with Crippen LogP contribution in [0.5, 0.6) is 5.75 Å². The molecule has 6 heteroatoms. The van der Waals surface area contributed by atoms with Crippen LogP contribution in [-0.2, 0) is 9.53 Å². The molecule has 1 heterocycles. The molecular weight excluding hydrogens is 296 g/mol. The van der Waals surface area contributed by atoms with Crippen LogP contribution in [0.4, 0.5) is 0 Å². The number of hydrogen-bond acceptors (Lipinski definition) is 4. The minimum Gasteiger partial charge on any atom is -0.494 e. The maximum Gasteiger partial charge on any atom is 0.251 e. The van der Waals surface area contributed by atoms with Crippen LogP contribution >= 0.6 is 0 Å². The number of rotatable bonds is 5. The number of carbonyl (C=O) groups is 2. The van der Waals surface area contributed by atoms with E-state index in [1.54, 1.807) is 29.2 Å². The van der Waals surface area contributed by atoms with Crippen molar-refractivity contribution < 1.29 is 19.1 Å². The van der Waals surface area contributed by atoms with Crippen molar-refractivity contribution in [2.75, 3.05) is 32.9 Å². The third-order valence-corrected chi connectivity index (χ3v) is 3.84. The lowest BCUT2D eigenvalue weighted by Gasteiger charge is -2.26. The van der Waals surface area contributed by atoms with Gasteiger partial charge in [0.15, 0.2) is 0 Å². The summed E-state index contributed by atoms with van der Waals surface area (Å²) in [4.78, 5) is 26.1. The van der Waals surface area contributed by atoms with Gasteiger partial charge in [0.25, 0.3) is 5.91 Å². The topological polar surface area (TPSA) is 67.9 Å². The van der Waals surface area contributed by atoms with Crippen LogP contribution in [0.3, 0.4) is 0 Å². The van der Waals surface area contributed by atoms with Gasteiger partial charge in [-0.1, -0.05) is 0 Å². The molecule has 1 saturated heterocycles. The molecule has 0 aliphatic carbocycles. The van der Waals surface area contributed by atoms with Crippen LogP contribution in [0.15, 0.2) is 24.3 Å². The van der Waals surface area contributed by atoms with Crippen LogP contribution in [0.25, 0.3) is 0 Å². The van der Waals surface area contributed by atoms with E-state index in [4.69, 9.17) is 9.47 Å². The summed E-state index contributed by atoms with van der Waals surface area (Å²) in [5.41, 5.74) is 0.508. The van der Waals surface area contributed by atoms with Crippen LogP contribution in [0, 0.1) is 0 Å². The minimum absolute atomic E-state index is 0.00359. The number of amides is 2. The van der Waals surface area contributed by atoms with Crippen molar-refractivity contribution in [1.29, 1.82) is 0 Å². The Kier molecular flexibility index (Phi) is 6.40. The SMILES string of the molecule is CCOc1ccc(C(=O)NCC(=O)N2CCOCC[C@@H]2C)cc1. The quantitative estimate of drug-likeness (QED) is 0.892. The molecule has 1 fully saturated rings. The highest BCUT2D eigenvalue weighted by molar-refractivity contribution is 5.96. The molecule has 1 atom stereocenters. The third-order valence-electron chi connectivity index (χ3n) is 3.84. The van der Waals surface area contributed by atoms with E-state index in [1.165, 1.54) is 0 Å². The summed E-state index contributed by atoms with van der Waals surface area (Å²) in [5, 5.41) is 2.68. The predicted octanol–water partition coefficient (Wildman–Crippen LogP) is 1.45. The van der Waals surface area contributed by atoms with E-state index < -0.39 is 0 Å². The number of ether oxygens (including phenoxy) is 2. The van der Waals surface area contributed by atoms with Gasteiger partial charge in [0.05, 0.1) is 19.8 Å². The summed E-state index contributed by atoms with van der Waals surface area (Å²) in [6.07, 6.45) is 0.818. The second-order valence-electron chi connectivity index (χ2n) is 5.48. The van der Waals surface area contributed by atoms with Gasteiger partial charge in [-0.2, -0.15) is 0 Å². The van der Waals surface area contributed by atoms with Crippen molar-refractivity contribution in [2.45, 2.75) is 26.3 Å². The molecule has 0 bridgehead atoms. The molecule has 1 aromatic carbocycles. The Balaban J connectivity index is 1.86. The van der Waals surface area contributed by atoms with Crippen molar-refractivity contribution in [1.82, 2.24) is 10.2 Å². The molecule has 1 aliphatic rings. The van der Waals surface area contributed by atoms with E-state index in [1.807, 2.05) is 13.8 Å². The first-order valence-corrected chi connectivity index (χ1v) is 8.00. The van der Waals surface area contributed by atoms with Crippen molar-refractivity contribution in [2.24, 2.45) is 0 Å². The summed E-state index contributed by atoms with van der Waals surface area (Å²) in [7, 11) is 0. The summed E-state index contributed by atoms with van der Waals surface area (Å²) in [6.45, 7) is 6.27. The molecule has 126 valence electrons. The van der Waals surface area contributed by atoms with E-state index in [-0.39, 0.29) is 24.4 Å². The lowest BCUT2D eigenvalue weighted by atomic mass is 10.2. The molecule has 2 rings (SSSR count). The Labute approximate surface area is 136 Å². The predicted molar refractivity (Wildman–Crippen MR) is 86.6 cm³/mol. The molecule has 2 amide bonds. The molecule has 1 N–H and O–H groups in total. The highest BCUT2D eigenvalue weighted by atomic mass is 16.5. The van der Waals surface area contributed by atoms with Gasteiger partial charge in [-0.15, -0.1) is 0 Å². The van der Waals surface area contributed by atoms with Crippen LogP contribution in [0.1, 0.15) is 30.6 Å². The standard InChI is InChI=1S/C17H24N2O4/c1-3-23-15-6-4-14(5-7-15)17(21)18-12-16(20)19-9-11-22-10-8-13(19)2/h4-7,13H,3,8-12H2,1-2H3,(H,18,21)/t13-/m0/s1. The number of nitrogens with one attached hydrogen (secondary N) is 1. The molecule has 0 aromatic heterocycles. The van der Waals surface area contributed by atoms with E-state index in [2.05, 4.69) is 5.32 Å². The van der Waals surface area contributed by atoms with Crippen LogP contribution < -0.4 is 10.1 Å². The van der Waals surface area contributed by atoms with Gasteiger partial charge in [0.2, 0.25) is 5.91 Å². The Bertz CT molecular complexity index is 530. The van der Waals surface area contributed by atoms with E-state index >= 15 is 0 Å². The molecule has 0 spiro atoms. The first-order chi connectivity index (χ1) is 11.1. The lowest BCUT2D eigenvalue weighted by molar-refractivity contribution is -0.132. The summed E-state index contributed by atoms with van der Waals surface area (Å²) in [5.74, 6) is 0.376. The highest BCUT2D eigenvalue weighted by Crippen LogP contribution is 2.12. The zero-order valence-corrected chi connectivity index (χ0v) is 13.7. The largest absolute Gasteiger partial charge is 0.494 e. The van der Waals surface area contributed by atoms with Gasteiger partial charge >= 0.3 is 0 Å². The Morgan fingerprint density at radius 1 is 1.30 bits per heavy atom. The normalized spacial score (nSPS) is 18.2. The fraction of sp³-hybridized carbons (Fsp3) is 0.529. The summed E-state index contributed by atoms with van der Waals surface area (Å²) >= 11 is 0. The average molecular weight is 320 g/mol. The van der Waals surface area contributed by atoms with Gasteiger partial charge in [-0.3, -0.25) is 9.59 Å². The van der Waals surface area contributed by atoms with E-state index in [0.29, 0.717) is 31.9 Å². The highest BCUT2D eigenvalue weighted by Gasteiger charge is 2.22. The fourth-order valence-electron chi connectivity index (χ4n) is 2.49. The second-order valence-corrected chi connectivity index (χ2v) is 5.48. The van der Waals surface area contributed by atoms with Gasteiger partial charge in [0.1, 0.15) is 5.75 Å². The molecule has 1 aromatic rings. The number of carbonyl (C=O) groups excluding carboxylic acids is 2. The maximum absolute atomic E-state index is 12.3. The zero-order chi connectivity index (χ0) is 16.7. The fourth-order valence-corrected chi connectivity index (χ4v) is 2.49. The van der Waals surface area contributed by atoms with Gasteiger partial charge < -0.3 is 19.7 Å². The van der Waals surface area contributed by atoms with E-state index in [0.717, 1.165) is 12.2 Å². The number of hydrogen-bond donors (Lipinski definition) is 1. The van der Waals surface area contributed by atoms with Gasteiger partial charge in [0, 0.05) is 24.8 Å². The first-order valence-electron chi connectivity index (χ1n) is 8.00. The third kappa shape index (κ3) is 4.96. The van der Waals surface area contributed by atoms with Crippen LogP contribution in [0.2, 0.25) is 0 Å². The second kappa shape index (κ2) is 8.53. The van der Waals surface area contributed by atoms with E-state index in [9.17, 15) is 9.59 Å². The van der Waals surface area contributed by atoms with Crippen molar-refractivity contribution in [3.63, 3.8) is 0 Å². The molecule has 1 aliphatic heterocycles. The Morgan fingerprint density at radius 2 is 2.04 bits per heavy atom. The van der Waals surface area contributed by atoms with Crippen LogP contribution in [-0.4, -0.2) is 55.7 Å². The van der Waals surface area contributed by atoms with Gasteiger partial charge in [-0.25, -0.2) is 0 Å².